The molecule has 16 aromatic rings. The number of benzene rings is 14. The van der Waals surface area contributed by atoms with Gasteiger partial charge in [-0.05, 0) is 138 Å². The molecule has 2 aliphatic heterocycles. The Morgan fingerprint density at radius 1 is 0.396 bits per heavy atom. The Labute approximate surface area is 625 Å². The molecule has 4 heterocycles. The highest BCUT2D eigenvalue weighted by molar-refractivity contribution is 8.20. The second kappa shape index (κ2) is 26.0. The standard InChI is InChI=1S/C90H62N8O4S4/c1-51-78(96-86(103-51)62-33-41-64(42-34-62)91-83(101)70(49-52-17-7-3-8-18-52)93-81(99)68-47-39-58-31-29-54-25-15-27-56-37-45-66(68)74(58)72(54)56)90-79(97-88(106-90)61-23-13-6-14-24-61)76-77(104-85(95-76)60-21-11-5-12-22-60)80-89(90,2)105-87(98-80)63-35-43-65(44-36-63)92-84(102)71(50-53-19-9-4-10-20-53)94-82(100)69-48-40-59-32-30-55-26-16-28-57-38-46-67(69)75(59)73(55)57/h3-48,70-71H,49-50H2,1-2H3,(H,91,101)(H,92,102)(H,93,99)(H,94,100)/t70-,71-,89?,90?/m1/s1. The summed E-state index contributed by atoms with van der Waals surface area (Å²) in [7, 11) is 0. The van der Waals surface area contributed by atoms with Crippen LogP contribution in [0.25, 0.3) is 97.2 Å². The highest BCUT2D eigenvalue weighted by atomic mass is 32.2. The highest BCUT2D eigenvalue weighted by Gasteiger charge is 2.65. The molecule has 16 heteroatoms. The molecule has 4 N–H and O–H groups in total. The molecule has 510 valence electrons. The van der Waals surface area contributed by atoms with Crippen LogP contribution >= 0.6 is 46.2 Å². The Morgan fingerprint density at radius 3 is 1.31 bits per heavy atom. The van der Waals surface area contributed by atoms with Crippen LogP contribution < -0.4 is 31.1 Å². The summed E-state index contributed by atoms with van der Waals surface area (Å²) in [6.45, 7) is 4.41. The fraction of sp³-hybridized carbons (Fsp3) is 0.0889. The van der Waals surface area contributed by atoms with Gasteiger partial charge in [0.25, 0.3) is 11.8 Å². The van der Waals surface area contributed by atoms with E-state index in [-0.39, 0.29) is 36.5 Å². The minimum atomic E-state index is -0.981. The van der Waals surface area contributed by atoms with Gasteiger partial charge in [-0.15, -0.1) is 22.7 Å². The van der Waals surface area contributed by atoms with Crippen molar-refractivity contribution in [1.29, 1.82) is 0 Å². The fourth-order valence-corrected chi connectivity index (χ4v) is 21.0. The maximum Gasteiger partial charge on any atom is 0.252 e. The van der Waals surface area contributed by atoms with Gasteiger partial charge in [0.1, 0.15) is 42.3 Å². The van der Waals surface area contributed by atoms with Crippen molar-refractivity contribution >= 4 is 167 Å². The van der Waals surface area contributed by atoms with Crippen molar-refractivity contribution in [2.24, 2.45) is 9.98 Å². The van der Waals surface area contributed by atoms with Crippen molar-refractivity contribution in [3.05, 3.63) is 333 Å². The molecule has 12 nitrogen and oxygen atoms in total. The van der Waals surface area contributed by atoms with E-state index < -0.39 is 21.6 Å². The number of nitrogens with one attached hydrogen (secondary N) is 4. The predicted octanol–water partition coefficient (Wildman–Crippen LogP) is 18.3. The average molecular weight is 1450 g/mol. The number of nitrogens with zero attached hydrogens (tertiary/aromatic N) is 4. The Hall–Kier alpha value is -11.9. The van der Waals surface area contributed by atoms with E-state index in [1.165, 1.54) is 0 Å². The zero-order valence-corrected chi connectivity index (χ0v) is 60.4. The first-order chi connectivity index (χ1) is 51.9. The van der Waals surface area contributed by atoms with Crippen LogP contribution in [0.15, 0.2) is 289 Å². The number of rotatable bonds is 17. The van der Waals surface area contributed by atoms with E-state index in [0.29, 0.717) is 22.5 Å². The normalized spacial score (nSPS) is 16.6. The number of carbonyl (C=O) groups is 4. The lowest BCUT2D eigenvalue weighted by molar-refractivity contribution is -0.118. The number of thiazole rings is 2. The van der Waals surface area contributed by atoms with Gasteiger partial charge < -0.3 is 21.3 Å². The molecular formula is C90H62N8O4S4. The van der Waals surface area contributed by atoms with Crippen LogP contribution in [0.4, 0.5) is 11.4 Å². The molecule has 0 saturated heterocycles. The molecule has 0 fully saturated rings. The summed E-state index contributed by atoms with van der Waals surface area (Å²) in [5, 5.41) is 29.1. The molecule has 1 aliphatic carbocycles. The van der Waals surface area contributed by atoms with E-state index in [0.717, 1.165) is 150 Å². The first-order valence-corrected chi connectivity index (χ1v) is 38.4. The van der Waals surface area contributed by atoms with E-state index >= 15 is 0 Å². The minimum Gasteiger partial charge on any atom is -0.340 e. The molecule has 19 rings (SSSR count). The number of amides is 4. The number of hydrogen-bond acceptors (Lipinski definition) is 12. The van der Waals surface area contributed by atoms with Crippen LogP contribution in [0.3, 0.4) is 0 Å². The number of aromatic nitrogens is 2. The maximum absolute atomic E-state index is 14.8. The minimum absolute atomic E-state index is 0.269. The topological polar surface area (TPSA) is 167 Å². The summed E-state index contributed by atoms with van der Waals surface area (Å²) in [5.74, 6) is -1.36. The zero-order chi connectivity index (χ0) is 71.4. The molecule has 0 spiro atoms. The van der Waals surface area contributed by atoms with Crippen LogP contribution in [-0.4, -0.2) is 60.5 Å². The van der Waals surface area contributed by atoms with Gasteiger partial charge in [0.05, 0.1) is 26.4 Å². The van der Waals surface area contributed by atoms with Crippen LogP contribution in [0.2, 0.25) is 0 Å². The number of hydrogen-bond donors (Lipinski definition) is 4. The number of aryl methyl sites for hydroxylation is 1. The summed E-state index contributed by atoms with van der Waals surface area (Å²) in [6, 6.07) is 90.5. The predicted molar refractivity (Wildman–Crippen MR) is 437 cm³/mol. The van der Waals surface area contributed by atoms with Crippen molar-refractivity contribution in [2.45, 2.75) is 48.3 Å². The smallest absolute Gasteiger partial charge is 0.252 e. The van der Waals surface area contributed by atoms with Crippen molar-refractivity contribution in [3.8, 4) is 21.1 Å². The van der Waals surface area contributed by atoms with Gasteiger partial charge in [-0.1, -0.05) is 254 Å². The van der Waals surface area contributed by atoms with Gasteiger partial charge in [0.2, 0.25) is 11.8 Å². The zero-order valence-electron chi connectivity index (χ0n) is 57.2. The highest BCUT2D eigenvalue weighted by Crippen LogP contribution is 2.68. The van der Waals surface area contributed by atoms with Gasteiger partial charge in [0.15, 0.2) is 0 Å². The Morgan fingerprint density at radius 2 is 0.802 bits per heavy atom. The SMILES string of the molecule is Cc1sc(-c2ccc(NC(=O)[C@@H](Cc3ccccc3)NC(=O)c3ccc4ccc5cccc6ccc3c4c56)cc2)nc1C12SC(c3ccccc3)=NC1=c1nc(-c3ccccc3)sc1=C1N=C(c3ccc(NC(=O)[C@@H](Cc4ccccc4)NC(=O)c4ccc5ccc6cccc7ccc4c5c67)cc3)SC12C. The number of anilines is 2. The first-order valence-electron chi connectivity index (χ1n) is 35.2. The number of thioether (sulfide) groups is 2. The molecular weight excluding hydrogens is 1390 g/mol. The molecule has 0 saturated carbocycles. The lowest BCUT2D eigenvalue weighted by atomic mass is 9.80. The van der Waals surface area contributed by atoms with Crippen molar-refractivity contribution in [1.82, 2.24) is 20.6 Å². The second-order valence-electron chi connectivity index (χ2n) is 27.3. The third kappa shape index (κ3) is 11.0. The average Bonchev–Trinajstić information content (AvgIpc) is 1.49. The maximum atomic E-state index is 14.8. The lowest BCUT2D eigenvalue weighted by Crippen LogP contribution is -2.53. The van der Waals surface area contributed by atoms with Crippen LogP contribution in [-0.2, 0) is 27.2 Å². The van der Waals surface area contributed by atoms with Crippen LogP contribution in [0, 0.1) is 6.92 Å². The molecule has 4 atom stereocenters. The lowest BCUT2D eigenvalue weighted by Gasteiger charge is -2.43. The molecule has 4 amide bonds. The summed E-state index contributed by atoms with van der Waals surface area (Å²) in [5.41, 5.74) is 10.2. The number of fused-ring (bicyclic) bond motifs is 4. The Bertz CT molecular complexity index is 6440. The van der Waals surface area contributed by atoms with Crippen LogP contribution in [0.1, 0.15) is 60.5 Å². The van der Waals surface area contributed by atoms with Crippen molar-refractivity contribution in [2.75, 3.05) is 10.6 Å². The third-order valence-corrected chi connectivity index (χ3v) is 26.1. The molecule has 106 heavy (non-hydrogen) atoms. The summed E-state index contributed by atoms with van der Waals surface area (Å²) in [4.78, 5) is 82.4. The van der Waals surface area contributed by atoms with E-state index in [4.69, 9.17) is 20.0 Å². The van der Waals surface area contributed by atoms with E-state index in [1.54, 1.807) is 46.2 Å². The van der Waals surface area contributed by atoms with Gasteiger partial charge in [-0.25, -0.2) is 20.0 Å². The van der Waals surface area contributed by atoms with Crippen LogP contribution in [0.5, 0.6) is 0 Å². The first kappa shape index (κ1) is 64.9. The molecule has 2 aromatic heterocycles. The van der Waals surface area contributed by atoms with Gasteiger partial charge in [-0.2, -0.15) is 0 Å². The van der Waals surface area contributed by atoms with Gasteiger partial charge >= 0.3 is 0 Å². The van der Waals surface area contributed by atoms with E-state index in [1.807, 2.05) is 182 Å². The quantitative estimate of drug-likeness (QED) is 0.0654. The summed E-state index contributed by atoms with van der Waals surface area (Å²) >= 11 is 6.61. The van der Waals surface area contributed by atoms with Gasteiger partial charge in [-0.3, -0.25) is 19.2 Å². The van der Waals surface area contributed by atoms with E-state index in [2.05, 4.69) is 132 Å². The third-order valence-electron chi connectivity index (χ3n) is 20.8. The number of carbonyl (C=O) groups excluding carboxylic acids is 4. The van der Waals surface area contributed by atoms with E-state index in [9.17, 15) is 19.2 Å². The molecule has 14 aromatic carbocycles. The van der Waals surface area contributed by atoms with Gasteiger partial charge in [0, 0.05) is 62.5 Å². The Kier molecular flexibility index (Phi) is 15.9. The van der Waals surface area contributed by atoms with Crippen molar-refractivity contribution in [3.63, 3.8) is 0 Å². The molecule has 0 radical (unpaired) electrons. The second-order valence-corrected chi connectivity index (χ2v) is 32.1. The fourth-order valence-electron chi connectivity index (χ4n) is 15.6. The summed E-state index contributed by atoms with van der Waals surface area (Å²) < 4.78 is -0.879. The van der Waals surface area contributed by atoms with Crippen molar-refractivity contribution < 1.29 is 19.2 Å². The molecule has 2 unspecified atom stereocenters. The Balaban J connectivity index is 0.635. The summed E-state index contributed by atoms with van der Waals surface area (Å²) in [6.07, 6.45) is 0.541. The molecule has 0 bridgehead atoms. The number of aliphatic imine (C=N–C) groups is 2. The monoisotopic (exact) mass is 1450 g/mol. The molecule has 3 aliphatic rings. The largest absolute Gasteiger partial charge is 0.340 e.